The summed E-state index contributed by atoms with van der Waals surface area (Å²) in [5.74, 6) is -0.780. The van der Waals surface area contributed by atoms with Crippen LogP contribution in [0, 0.1) is 6.92 Å². The smallest absolute Gasteiger partial charge is 0.257 e. The molecule has 7 rings (SSSR count). The first-order chi connectivity index (χ1) is 29.7. The zero-order chi connectivity index (χ0) is 43.1. The molecule has 0 bridgehead atoms. The Kier molecular flexibility index (Phi) is 15.9. The van der Waals surface area contributed by atoms with E-state index in [0.717, 1.165) is 90.2 Å². The van der Waals surface area contributed by atoms with Gasteiger partial charge in [-0.15, -0.1) is 11.3 Å². The minimum absolute atomic E-state index is 0.129. The molecule has 0 aliphatic carbocycles. The zero-order valence-electron chi connectivity index (χ0n) is 34.7. The summed E-state index contributed by atoms with van der Waals surface area (Å²) in [5.41, 5.74) is 6.01. The summed E-state index contributed by atoms with van der Waals surface area (Å²) in [6.07, 6.45) is 11.3. The number of aryl methyl sites for hydroxylation is 1. The van der Waals surface area contributed by atoms with Gasteiger partial charge in [0.25, 0.3) is 17.7 Å². The normalized spacial score (nSPS) is 14.5. The van der Waals surface area contributed by atoms with Crippen LogP contribution in [0.25, 0.3) is 10.1 Å². The van der Waals surface area contributed by atoms with Gasteiger partial charge in [-0.1, -0.05) is 80.6 Å². The predicted octanol–water partition coefficient (Wildman–Crippen LogP) is 7.82. The molecule has 1 unspecified atom stereocenters. The molecule has 61 heavy (non-hydrogen) atoms. The number of aldehydes is 1. The summed E-state index contributed by atoms with van der Waals surface area (Å²) in [4.78, 5) is 78.3. The molecule has 0 saturated carbocycles. The van der Waals surface area contributed by atoms with Crippen molar-refractivity contribution in [2.24, 2.45) is 0 Å². The maximum atomic E-state index is 13.3. The molecule has 5 aromatic rings. The van der Waals surface area contributed by atoms with Crippen molar-refractivity contribution in [3.05, 3.63) is 118 Å². The van der Waals surface area contributed by atoms with E-state index >= 15 is 0 Å². The maximum absolute atomic E-state index is 13.3. The van der Waals surface area contributed by atoms with E-state index in [1.165, 1.54) is 17.5 Å². The Morgan fingerprint density at radius 3 is 2.43 bits per heavy atom. The fraction of sp³-hybridized carbons (Fsp3) is 0.340. The van der Waals surface area contributed by atoms with Crippen molar-refractivity contribution in [3.63, 3.8) is 0 Å². The summed E-state index contributed by atoms with van der Waals surface area (Å²) in [6.45, 7) is 3.74. The van der Waals surface area contributed by atoms with E-state index in [1.807, 2.05) is 86.1 Å². The number of carbonyl (C=O) groups is 6. The third-order valence-corrected chi connectivity index (χ3v) is 11.7. The van der Waals surface area contributed by atoms with Crippen molar-refractivity contribution in [2.45, 2.75) is 90.3 Å². The average Bonchev–Trinajstić information content (AvgIpc) is 3.84. The molecule has 0 radical (unpaired) electrons. The molecule has 2 aromatic heterocycles. The van der Waals surface area contributed by atoms with Crippen molar-refractivity contribution in [3.8, 4) is 0 Å². The fourth-order valence-corrected chi connectivity index (χ4v) is 8.39. The lowest BCUT2D eigenvalue weighted by molar-refractivity contribution is -0.137. The Hall–Kier alpha value is -6.25. The number of thiophene rings is 1. The fourth-order valence-electron chi connectivity index (χ4n) is 7.45. The lowest BCUT2D eigenvalue weighted by atomic mass is 10.0. The van der Waals surface area contributed by atoms with Crippen LogP contribution in [0.5, 0.6) is 0 Å². The van der Waals surface area contributed by atoms with Crippen LogP contribution in [0.3, 0.4) is 0 Å². The van der Waals surface area contributed by atoms with E-state index in [9.17, 15) is 28.8 Å². The topological polar surface area (TPSA) is 179 Å². The number of unbranched alkanes of at least 4 members (excludes halogenated alkanes) is 7. The standard InChI is InChI=1S/C32H36N4O3S.C15H17N3O3/c1-23-14-8-10-16-27(23)35-30-28(36-32(39)26-22-40-29-17-11-9-15-25(26)29)20-24(21-34-30)31(38)33-18-12-6-4-2-3-5-7-13-19-37;1-16-7-9-2-3-11-10(6-9)8-18(15(11)21)12-4-5-13(19)17-14(12)20/h8-11,14-17,19-22H,2-7,12-13,18H2,1H3,(H,33,38)(H,34,35)(H,36,39);2-3,6,12,16H,4-5,7-8H2,1H3,(H,17,19,20). The second-order valence-corrected chi connectivity index (χ2v) is 16.2. The number of anilines is 3. The van der Waals surface area contributed by atoms with Gasteiger partial charge < -0.3 is 31.0 Å². The number of amides is 5. The number of piperidine rings is 1. The third kappa shape index (κ3) is 11.7. The van der Waals surface area contributed by atoms with Gasteiger partial charge in [0.15, 0.2) is 5.82 Å². The van der Waals surface area contributed by atoms with Crippen molar-refractivity contribution >= 4 is 74.4 Å². The van der Waals surface area contributed by atoms with Crippen molar-refractivity contribution in [1.29, 1.82) is 0 Å². The van der Waals surface area contributed by atoms with Crippen LogP contribution in [-0.4, -0.2) is 65.3 Å². The molecule has 4 heterocycles. The summed E-state index contributed by atoms with van der Waals surface area (Å²) >= 11 is 1.52. The second kappa shape index (κ2) is 21.8. The lowest BCUT2D eigenvalue weighted by Gasteiger charge is -2.29. The molecule has 13 nitrogen and oxygen atoms in total. The van der Waals surface area contributed by atoms with E-state index in [2.05, 4.69) is 31.6 Å². The summed E-state index contributed by atoms with van der Waals surface area (Å²) < 4.78 is 1.04. The van der Waals surface area contributed by atoms with Gasteiger partial charge in [-0.2, -0.15) is 0 Å². The molecule has 0 spiro atoms. The quantitative estimate of drug-likeness (QED) is 0.0334. The molecule has 2 aliphatic heterocycles. The average molecular weight is 844 g/mol. The van der Waals surface area contributed by atoms with Gasteiger partial charge in [-0.25, -0.2) is 4.98 Å². The number of benzene rings is 3. The molecule has 3 aromatic carbocycles. The van der Waals surface area contributed by atoms with Crippen LogP contribution >= 0.6 is 11.3 Å². The van der Waals surface area contributed by atoms with Crippen LogP contribution in [0.2, 0.25) is 0 Å². The van der Waals surface area contributed by atoms with Gasteiger partial charge in [0.05, 0.1) is 16.8 Å². The highest BCUT2D eigenvalue weighted by Crippen LogP contribution is 2.31. The lowest BCUT2D eigenvalue weighted by Crippen LogP contribution is -2.52. The monoisotopic (exact) mass is 843 g/mol. The van der Waals surface area contributed by atoms with Gasteiger partial charge in [-0.05, 0) is 74.2 Å². The van der Waals surface area contributed by atoms with E-state index in [0.29, 0.717) is 54.1 Å². The Morgan fingerprint density at radius 2 is 1.66 bits per heavy atom. The molecule has 14 heteroatoms. The Morgan fingerprint density at radius 1 is 0.902 bits per heavy atom. The number of hydrogen-bond acceptors (Lipinski definition) is 10. The summed E-state index contributed by atoms with van der Waals surface area (Å²) in [5, 5.41) is 17.4. The number of pyridine rings is 1. The number of nitrogens with zero attached hydrogens (tertiary/aromatic N) is 2. The van der Waals surface area contributed by atoms with Crippen LogP contribution in [0.15, 0.2) is 84.4 Å². The van der Waals surface area contributed by atoms with E-state index in [-0.39, 0.29) is 36.0 Å². The molecule has 5 N–H and O–H groups in total. The minimum Gasteiger partial charge on any atom is -0.352 e. The summed E-state index contributed by atoms with van der Waals surface area (Å²) in [7, 11) is 1.87. The molecular formula is C47H53N7O6S. The molecule has 318 valence electrons. The highest BCUT2D eigenvalue weighted by atomic mass is 32.1. The van der Waals surface area contributed by atoms with Crippen LogP contribution in [0.1, 0.15) is 112 Å². The van der Waals surface area contributed by atoms with E-state index < -0.39 is 6.04 Å². The van der Waals surface area contributed by atoms with Gasteiger partial charge in [0.1, 0.15) is 12.3 Å². The number of fused-ring (bicyclic) bond motifs is 2. The number of carbonyl (C=O) groups excluding carboxylic acids is 6. The van der Waals surface area contributed by atoms with Crippen molar-refractivity contribution < 1.29 is 28.8 Å². The molecule has 1 saturated heterocycles. The highest BCUT2D eigenvalue weighted by molar-refractivity contribution is 7.17. The number of hydrogen-bond donors (Lipinski definition) is 5. The third-order valence-electron chi connectivity index (χ3n) is 10.8. The molecular weight excluding hydrogens is 791 g/mol. The number of para-hydroxylation sites is 1. The number of imide groups is 1. The Bertz CT molecular complexity index is 2380. The molecule has 5 amide bonds. The van der Waals surface area contributed by atoms with Crippen LogP contribution in [-0.2, 0) is 27.5 Å². The van der Waals surface area contributed by atoms with Gasteiger partial charge >= 0.3 is 0 Å². The van der Waals surface area contributed by atoms with Crippen LogP contribution < -0.4 is 26.6 Å². The Balaban J connectivity index is 0.000000247. The van der Waals surface area contributed by atoms with Crippen molar-refractivity contribution in [1.82, 2.24) is 25.8 Å². The number of rotatable bonds is 18. The largest absolute Gasteiger partial charge is 0.352 e. The number of aromatic nitrogens is 1. The molecule has 1 fully saturated rings. The van der Waals surface area contributed by atoms with Gasteiger partial charge in [0.2, 0.25) is 11.8 Å². The first-order valence-electron chi connectivity index (χ1n) is 20.9. The van der Waals surface area contributed by atoms with Crippen molar-refractivity contribution in [2.75, 3.05) is 24.2 Å². The first kappa shape index (κ1) is 44.3. The summed E-state index contributed by atoms with van der Waals surface area (Å²) in [6, 6.07) is 22.5. The van der Waals surface area contributed by atoms with Gasteiger partial charge in [-0.3, -0.25) is 29.3 Å². The zero-order valence-corrected chi connectivity index (χ0v) is 35.5. The minimum atomic E-state index is -0.546. The SMILES string of the molecule is CNCc1ccc2c(c1)CN(C1CCC(=O)NC1=O)C2=O.Cc1ccccc1Nc1ncc(C(=O)NCCCCCCCCCC=O)cc1NC(=O)c1csc2ccccc12. The first-order valence-corrected chi connectivity index (χ1v) is 21.8. The van der Waals surface area contributed by atoms with E-state index in [4.69, 9.17) is 0 Å². The molecule has 2 aliphatic rings. The van der Waals surface area contributed by atoms with Gasteiger partial charge in [0, 0.05) is 65.4 Å². The number of nitrogens with one attached hydrogen (secondary N) is 5. The second-order valence-electron chi connectivity index (χ2n) is 15.3. The maximum Gasteiger partial charge on any atom is 0.257 e. The van der Waals surface area contributed by atoms with E-state index in [1.54, 1.807) is 11.0 Å². The highest BCUT2D eigenvalue weighted by Gasteiger charge is 2.39. The molecule has 1 atom stereocenters. The van der Waals surface area contributed by atoms with Crippen LogP contribution in [0.4, 0.5) is 17.2 Å². The predicted molar refractivity (Wildman–Crippen MR) is 239 cm³/mol. The Labute approximate surface area is 360 Å².